The van der Waals surface area contributed by atoms with Crippen LogP contribution in [0.25, 0.3) is 22.6 Å². The zero-order chi connectivity index (χ0) is 33.2. The Labute approximate surface area is 286 Å². The minimum Gasteiger partial charge on any atom is -0.508 e. The molecule has 8 rings (SSSR count). The molecule has 2 aromatic heterocycles. The second-order valence-electron chi connectivity index (χ2n) is 11.9. The lowest BCUT2D eigenvalue weighted by Crippen LogP contribution is -2.59. The SMILES string of the molecule is Cc1nn(-c2ccccc2)c2c1C(c1cn(-c3ccccc3)nc1-c1ccc(Cl)cc1)C1=C(NC(C)(c3cc(Cl)ccc3O)NC1=O)O2. The number of fused-ring (bicyclic) bond motifs is 1. The predicted octanol–water partition coefficient (Wildman–Crippen LogP) is 7.37. The highest BCUT2D eigenvalue weighted by Crippen LogP contribution is 2.49. The van der Waals surface area contributed by atoms with Crippen LogP contribution in [0.2, 0.25) is 10.0 Å². The molecule has 0 fully saturated rings. The largest absolute Gasteiger partial charge is 0.508 e. The maximum atomic E-state index is 14.5. The maximum absolute atomic E-state index is 14.5. The van der Waals surface area contributed by atoms with Crippen molar-refractivity contribution in [1.82, 2.24) is 30.2 Å². The van der Waals surface area contributed by atoms with E-state index in [2.05, 4.69) is 10.6 Å². The summed E-state index contributed by atoms with van der Waals surface area (Å²) in [5.74, 6) is -0.398. The number of nitrogens with zero attached hydrogens (tertiary/aromatic N) is 4. The number of hydrogen-bond donors (Lipinski definition) is 3. The van der Waals surface area contributed by atoms with Gasteiger partial charge in [0.25, 0.3) is 5.91 Å². The van der Waals surface area contributed by atoms with E-state index in [-0.39, 0.29) is 17.5 Å². The number of para-hydroxylation sites is 2. The molecule has 238 valence electrons. The van der Waals surface area contributed by atoms with Gasteiger partial charge in [-0.1, -0.05) is 71.7 Å². The highest BCUT2D eigenvalue weighted by atomic mass is 35.5. The number of aryl methyl sites for hydroxylation is 1. The first-order valence-electron chi connectivity index (χ1n) is 15.3. The fourth-order valence-electron chi connectivity index (χ4n) is 6.50. The third-order valence-corrected chi connectivity index (χ3v) is 9.23. The summed E-state index contributed by atoms with van der Waals surface area (Å²) in [5, 5.41) is 28.4. The molecule has 0 saturated carbocycles. The molecule has 48 heavy (non-hydrogen) atoms. The van der Waals surface area contributed by atoms with E-state index >= 15 is 0 Å². The number of nitrogens with one attached hydrogen (secondary N) is 2. The van der Waals surface area contributed by atoms with Crippen LogP contribution in [0.3, 0.4) is 0 Å². The Hall–Kier alpha value is -5.51. The topological polar surface area (TPSA) is 106 Å². The Balaban J connectivity index is 1.39. The van der Waals surface area contributed by atoms with E-state index in [4.69, 9.17) is 38.1 Å². The number of carbonyl (C=O) groups excluding carboxylic acids is 1. The summed E-state index contributed by atoms with van der Waals surface area (Å²) in [7, 11) is 0. The Morgan fingerprint density at radius 3 is 2.23 bits per heavy atom. The van der Waals surface area contributed by atoms with E-state index in [9.17, 15) is 9.90 Å². The quantitative estimate of drug-likeness (QED) is 0.176. The molecule has 9 nitrogen and oxygen atoms in total. The van der Waals surface area contributed by atoms with Crippen molar-refractivity contribution in [3.8, 4) is 34.3 Å². The number of aromatic nitrogens is 4. The number of aromatic hydroxyl groups is 1. The molecule has 0 bridgehead atoms. The standard InChI is InChI=1S/C37H28Cl2N6O3/c1-21-30-31(27-20-44(25-9-5-3-6-10-25)43-33(27)22-13-15-23(38)16-14-22)32-34(47)40-37(2,28-19-24(39)17-18-29(28)46)41-35(32)48-36(30)45(42-21)26-11-7-4-8-12-26/h3-20,31,41,46H,1-2H3,(H,40,47). The number of phenolic OH excluding ortho intramolecular Hbond substituents is 1. The normalized spacial score (nSPS) is 18.4. The first-order valence-corrected chi connectivity index (χ1v) is 16.0. The number of phenols is 1. The number of benzene rings is 4. The van der Waals surface area contributed by atoms with E-state index in [1.54, 1.807) is 23.7 Å². The van der Waals surface area contributed by atoms with E-state index in [1.165, 1.54) is 6.07 Å². The molecule has 0 radical (unpaired) electrons. The van der Waals surface area contributed by atoms with Gasteiger partial charge >= 0.3 is 0 Å². The van der Waals surface area contributed by atoms with Crippen molar-refractivity contribution < 1.29 is 14.6 Å². The number of rotatable bonds is 5. The van der Waals surface area contributed by atoms with Crippen LogP contribution in [0, 0.1) is 6.92 Å². The van der Waals surface area contributed by atoms with Gasteiger partial charge in [0.1, 0.15) is 11.4 Å². The van der Waals surface area contributed by atoms with Gasteiger partial charge in [0.15, 0.2) is 0 Å². The monoisotopic (exact) mass is 674 g/mol. The van der Waals surface area contributed by atoms with E-state index in [1.807, 2.05) is 103 Å². The third kappa shape index (κ3) is 4.90. The average molecular weight is 676 g/mol. The van der Waals surface area contributed by atoms with Crippen LogP contribution < -0.4 is 15.4 Å². The Morgan fingerprint density at radius 2 is 1.52 bits per heavy atom. The highest BCUT2D eigenvalue weighted by molar-refractivity contribution is 6.31. The van der Waals surface area contributed by atoms with E-state index in [0.29, 0.717) is 38.4 Å². The Kier molecular flexibility index (Phi) is 7.05. The van der Waals surface area contributed by atoms with Crippen molar-refractivity contribution in [2.45, 2.75) is 25.4 Å². The smallest absolute Gasteiger partial charge is 0.255 e. The number of hydrogen-bond acceptors (Lipinski definition) is 6. The van der Waals surface area contributed by atoms with E-state index < -0.39 is 11.6 Å². The average Bonchev–Trinajstić information content (AvgIpc) is 3.67. The molecular formula is C37H28Cl2N6O3. The van der Waals surface area contributed by atoms with Crippen LogP contribution in [0.4, 0.5) is 0 Å². The van der Waals surface area contributed by atoms with Crippen molar-refractivity contribution in [2.24, 2.45) is 0 Å². The number of amides is 1. The molecule has 0 aliphatic carbocycles. The van der Waals surface area contributed by atoms with Crippen LogP contribution in [-0.4, -0.2) is 30.6 Å². The summed E-state index contributed by atoms with van der Waals surface area (Å²) in [4.78, 5) is 14.5. The molecule has 11 heteroatoms. The predicted molar refractivity (Wildman–Crippen MR) is 184 cm³/mol. The van der Waals surface area contributed by atoms with Gasteiger partial charge in [-0.3, -0.25) is 4.79 Å². The molecule has 6 aromatic rings. The summed E-state index contributed by atoms with van der Waals surface area (Å²) < 4.78 is 10.2. The molecule has 3 N–H and O–H groups in total. The molecule has 4 heterocycles. The van der Waals surface area contributed by atoms with Crippen LogP contribution >= 0.6 is 23.2 Å². The van der Waals surface area contributed by atoms with Gasteiger partial charge in [-0.15, -0.1) is 0 Å². The first-order chi connectivity index (χ1) is 23.2. The van der Waals surface area contributed by atoms with Crippen molar-refractivity contribution in [3.05, 3.63) is 153 Å². The second kappa shape index (κ2) is 11.3. The molecule has 2 unspecified atom stereocenters. The van der Waals surface area contributed by atoms with E-state index in [0.717, 1.165) is 28.1 Å². The van der Waals surface area contributed by atoms with Gasteiger partial charge in [0.2, 0.25) is 11.8 Å². The fraction of sp³-hybridized carbons (Fsp3) is 0.108. The molecule has 0 saturated heterocycles. The van der Waals surface area contributed by atoms with Crippen molar-refractivity contribution >= 4 is 29.1 Å². The maximum Gasteiger partial charge on any atom is 0.255 e. The summed E-state index contributed by atoms with van der Waals surface area (Å²) in [6.07, 6.45) is 1.95. The van der Waals surface area contributed by atoms with Gasteiger partial charge in [-0.25, -0.2) is 9.36 Å². The fourth-order valence-corrected chi connectivity index (χ4v) is 6.80. The summed E-state index contributed by atoms with van der Waals surface area (Å²) in [6.45, 7) is 3.66. The molecule has 2 aliphatic rings. The van der Waals surface area contributed by atoms with Gasteiger partial charge in [0, 0.05) is 32.9 Å². The second-order valence-corrected chi connectivity index (χ2v) is 12.8. The summed E-state index contributed by atoms with van der Waals surface area (Å²) >= 11 is 12.6. The van der Waals surface area contributed by atoms with Crippen LogP contribution in [0.15, 0.2) is 121 Å². The van der Waals surface area contributed by atoms with Crippen molar-refractivity contribution in [3.63, 3.8) is 0 Å². The minimum absolute atomic E-state index is 0.0360. The lowest BCUT2D eigenvalue weighted by Gasteiger charge is -2.42. The van der Waals surface area contributed by atoms with Gasteiger partial charge in [0.05, 0.1) is 39.8 Å². The lowest BCUT2D eigenvalue weighted by molar-refractivity contribution is -0.121. The van der Waals surface area contributed by atoms with Gasteiger partial charge in [-0.2, -0.15) is 10.2 Å². The summed E-state index contributed by atoms with van der Waals surface area (Å²) in [5.41, 5.74) is 4.77. The lowest BCUT2D eigenvalue weighted by atomic mass is 9.81. The van der Waals surface area contributed by atoms with Gasteiger partial charge in [-0.05, 0) is 68.4 Å². The zero-order valence-corrected chi connectivity index (χ0v) is 27.3. The number of carbonyl (C=O) groups is 1. The molecule has 2 atom stereocenters. The minimum atomic E-state index is -1.27. The van der Waals surface area contributed by atoms with Gasteiger partial charge < -0.3 is 20.5 Å². The summed E-state index contributed by atoms with van der Waals surface area (Å²) in [6, 6.07) is 31.6. The number of halogens is 2. The van der Waals surface area contributed by atoms with Crippen LogP contribution in [-0.2, 0) is 10.5 Å². The van der Waals surface area contributed by atoms with Crippen molar-refractivity contribution in [1.29, 1.82) is 0 Å². The molecule has 1 amide bonds. The zero-order valence-electron chi connectivity index (χ0n) is 25.8. The Bertz CT molecular complexity index is 2250. The van der Waals surface area contributed by atoms with Crippen molar-refractivity contribution in [2.75, 3.05) is 0 Å². The first kappa shape index (κ1) is 29.9. The number of ether oxygens (including phenoxy) is 1. The highest BCUT2D eigenvalue weighted by Gasteiger charge is 2.48. The Morgan fingerprint density at radius 1 is 0.854 bits per heavy atom. The van der Waals surface area contributed by atoms with Crippen LogP contribution in [0.5, 0.6) is 11.6 Å². The molecular weight excluding hydrogens is 647 g/mol. The third-order valence-electron chi connectivity index (χ3n) is 8.74. The molecule has 0 spiro atoms. The van der Waals surface area contributed by atoms with Crippen LogP contribution in [0.1, 0.15) is 35.2 Å². The molecule has 4 aromatic carbocycles. The molecule has 2 aliphatic heterocycles.